The zero-order valence-electron chi connectivity index (χ0n) is 14.1. The Morgan fingerprint density at radius 3 is 2.92 bits per heavy atom. The number of thiazole rings is 1. The van der Waals surface area contributed by atoms with Gasteiger partial charge in [0.1, 0.15) is 6.33 Å². The predicted octanol–water partition coefficient (Wildman–Crippen LogP) is 2.85. The van der Waals surface area contributed by atoms with Crippen LogP contribution in [0.1, 0.15) is 45.3 Å². The van der Waals surface area contributed by atoms with E-state index in [4.69, 9.17) is 4.74 Å². The molecule has 0 amide bonds. The second-order valence-electron chi connectivity index (χ2n) is 6.12. The van der Waals surface area contributed by atoms with Gasteiger partial charge in [-0.3, -0.25) is 9.89 Å². The fourth-order valence-corrected chi connectivity index (χ4v) is 3.75. The standard InChI is InChI=1S/C18H16N4O3S/c1-10(15(23)13-6-5-11-3-2-4-12(11)7-13)25-18(24)14-8-26-17(21-14)16-19-9-20-22-16/h5-10H,2-4H2,1H3,(H,19,20,22)/t10-/m1/s1. The summed E-state index contributed by atoms with van der Waals surface area (Å²) in [6.07, 6.45) is 3.66. The number of carbonyl (C=O) groups excluding carboxylic acids is 2. The Morgan fingerprint density at radius 1 is 1.27 bits per heavy atom. The Balaban J connectivity index is 1.45. The first kappa shape index (κ1) is 16.6. The number of aryl methyl sites for hydroxylation is 2. The monoisotopic (exact) mass is 368 g/mol. The van der Waals surface area contributed by atoms with Crippen molar-refractivity contribution in [1.82, 2.24) is 20.2 Å². The van der Waals surface area contributed by atoms with Crippen LogP contribution in [0.3, 0.4) is 0 Å². The van der Waals surface area contributed by atoms with Crippen molar-refractivity contribution in [3.63, 3.8) is 0 Å². The van der Waals surface area contributed by atoms with Crippen LogP contribution >= 0.6 is 11.3 Å². The van der Waals surface area contributed by atoms with Gasteiger partial charge in [0.25, 0.3) is 0 Å². The minimum Gasteiger partial charge on any atom is -0.450 e. The molecule has 0 saturated heterocycles. The number of Topliss-reactive ketones (excluding diaryl/α,β-unsaturated/α-hetero) is 1. The first-order chi connectivity index (χ1) is 12.6. The second-order valence-corrected chi connectivity index (χ2v) is 6.98. The number of hydrogen-bond acceptors (Lipinski definition) is 7. The van der Waals surface area contributed by atoms with Crippen molar-refractivity contribution in [2.45, 2.75) is 32.3 Å². The summed E-state index contributed by atoms with van der Waals surface area (Å²) in [5.74, 6) is -0.357. The number of aromatic amines is 1. The topological polar surface area (TPSA) is 97.8 Å². The minimum atomic E-state index is -0.877. The van der Waals surface area contributed by atoms with E-state index < -0.39 is 12.1 Å². The van der Waals surface area contributed by atoms with Gasteiger partial charge in [-0.2, -0.15) is 5.10 Å². The average Bonchev–Trinajstić information content (AvgIpc) is 3.40. The molecule has 8 heteroatoms. The summed E-state index contributed by atoms with van der Waals surface area (Å²) in [5, 5.41) is 8.55. The summed E-state index contributed by atoms with van der Waals surface area (Å²) >= 11 is 1.25. The van der Waals surface area contributed by atoms with Crippen molar-refractivity contribution in [3.05, 3.63) is 52.3 Å². The maximum absolute atomic E-state index is 12.6. The molecule has 1 aromatic carbocycles. The van der Waals surface area contributed by atoms with E-state index >= 15 is 0 Å². The van der Waals surface area contributed by atoms with Gasteiger partial charge in [0.2, 0.25) is 5.78 Å². The number of nitrogens with zero attached hydrogens (tertiary/aromatic N) is 3. The molecular weight excluding hydrogens is 352 g/mol. The number of benzene rings is 1. The zero-order valence-corrected chi connectivity index (χ0v) is 14.9. The van der Waals surface area contributed by atoms with E-state index in [2.05, 4.69) is 20.2 Å². The molecule has 0 saturated carbocycles. The summed E-state index contributed by atoms with van der Waals surface area (Å²) in [4.78, 5) is 33.0. The van der Waals surface area contributed by atoms with Crippen LogP contribution in [0.2, 0.25) is 0 Å². The van der Waals surface area contributed by atoms with Crippen molar-refractivity contribution >= 4 is 23.1 Å². The van der Waals surface area contributed by atoms with Crippen LogP contribution in [0.4, 0.5) is 0 Å². The SMILES string of the molecule is C[C@@H](OC(=O)c1csc(-c2ncn[nH]2)n1)C(=O)c1ccc2c(c1)CCC2. The Bertz CT molecular complexity index is 965. The van der Waals surface area contributed by atoms with Crippen LogP contribution in [0.25, 0.3) is 10.8 Å². The third-order valence-electron chi connectivity index (χ3n) is 4.37. The number of H-pyrrole nitrogens is 1. The predicted molar refractivity (Wildman–Crippen MR) is 95.2 cm³/mol. The van der Waals surface area contributed by atoms with Crippen LogP contribution < -0.4 is 0 Å². The third kappa shape index (κ3) is 3.15. The van der Waals surface area contributed by atoms with Gasteiger partial charge >= 0.3 is 5.97 Å². The molecule has 2 heterocycles. The van der Waals surface area contributed by atoms with Gasteiger partial charge in [-0.05, 0) is 43.4 Å². The van der Waals surface area contributed by atoms with Gasteiger partial charge in [-0.15, -0.1) is 11.3 Å². The lowest BCUT2D eigenvalue weighted by Gasteiger charge is -2.12. The summed E-state index contributed by atoms with van der Waals surface area (Å²) in [5.41, 5.74) is 3.24. The molecule has 2 aromatic heterocycles. The Morgan fingerprint density at radius 2 is 2.12 bits per heavy atom. The molecule has 3 aromatic rings. The summed E-state index contributed by atoms with van der Waals surface area (Å²) in [7, 11) is 0. The maximum atomic E-state index is 12.6. The van der Waals surface area contributed by atoms with Crippen LogP contribution in [0.15, 0.2) is 29.9 Å². The molecule has 1 N–H and O–H groups in total. The van der Waals surface area contributed by atoms with Crippen molar-refractivity contribution in [2.24, 2.45) is 0 Å². The van der Waals surface area contributed by atoms with E-state index in [9.17, 15) is 9.59 Å². The van der Waals surface area contributed by atoms with Crippen molar-refractivity contribution < 1.29 is 14.3 Å². The van der Waals surface area contributed by atoms with Crippen molar-refractivity contribution in [3.8, 4) is 10.8 Å². The van der Waals surface area contributed by atoms with Gasteiger partial charge in [0.15, 0.2) is 22.6 Å². The van der Waals surface area contributed by atoms with Gasteiger partial charge in [-0.25, -0.2) is 14.8 Å². The largest absolute Gasteiger partial charge is 0.450 e. The molecule has 1 atom stereocenters. The fraction of sp³-hybridized carbons (Fsp3) is 0.278. The molecule has 1 aliphatic rings. The third-order valence-corrected chi connectivity index (χ3v) is 5.22. The molecule has 0 radical (unpaired) electrons. The lowest BCUT2D eigenvalue weighted by atomic mass is 10.0. The van der Waals surface area contributed by atoms with E-state index in [1.165, 1.54) is 28.8 Å². The van der Waals surface area contributed by atoms with E-state index in [1.54, 1.807) is 12.3 Å². The molecule has 0 spiro atoms. The minimum absolute atomic E-state index is 0.148. The van der Waals surface area contributed by atoms with Gasteiger partial charge in [-0.1, -0.05) is 12.1 Å². The molecule has 0 unspecified atom stereocenters. The number of ether oxygens (including phenoxy) is 1. The Labute approximate surface area is 153 Å². The summed E-state index contributed by atoms with van der Waals surface area (Å²) < 4.78 is 5.31. The number of rotatable bonds is 5. The van der Waals surface area contributed by atoms with E-state index in [1.807, 2.05) is 18.2 Å². The number of esters is 1. The van der Waals surface area contributed by atoms with E-state index in [0.29, 0.717) is 16.4 Å². The Hall–Kier alpha value is -2.87. The van der Waals surface area contributed by atoms with E-state index in [0.717, 1.165) is 19.3 Å². The molecular formula is C18H16N4O3S. The number of hydrogen-bond donors (Lipinski definition) is 1. The highest BCUT2D eigenvalue weighted by Crippen LogP contribution is 2.24. The van der Waals surface area contributed by atoms with Crippen LogP contribution in [0.5, 0.6) is 0 Å². The van der Waals surface area contributed by atoms with Gasteiger partial charge < -0.3 is 4.74 Å². The summed E-state index contributed by atoms with van der Waals surface area (Å²) in [6, 6.07) is 5.72. The molecule has 0 aliphatic heterocycles. The van der Waals surface area contributed by atoms with Crippen molar-refractivity contribution in [1.29, 1.82) is 0 Å². The lowest BCUT2D eigenvalue weighted by molar-refractivity contribution is 0.0314. The molecule has 0 fully saturated rings. The molecule has 0 bridgehead atoms. The number of ketones is 1. The van der Waals surface area contributed by atoms with Crippen LogP contribution in [0, 0.1) is 0 Å². The van der Waals surface area contributed by atoms with Crippen LogP contribution in [-0.2, 0) is 17.6 Å². The number of fused-ring (bicyclic) bond motifs is 1. The van der Waals surface area contributed by atoms with E-state index in [-0.39, 0.29) is 11.5 Å². The quantitative estimate of drug-likeness (QED) is 0.549. The second kappa shape index (κ2) is 6.80. The normalized spacial score (nSPS) is 14.0. The first-order valence-corrected chi connectivity index (χ1v) is 9.18. The molecule has 26 heavy (non-hydrogen) atoms. The zero-order chi connectivity index (χ0) is 18.1. The average molecular weight is 368 g/mol. The highest BCUT2D eigenvalue weighted by atomic mass is 32.1. The summed E-state index contributed by atoms with van der Waals surface area (Å²) in [6.45, 7) is 1.58. The Kier molecular flexibility index (Phi) is 4.34. The molecule has 7 nitrogen and oxygen atoms in total. The number of carbonyl (C=O) groups is 2. The number of aromatic nitrogens is 4. The van der Waals surface area contributed by atoms with Crippen molar-refractivity contribution in [2.75, 3.05) is 0 Å². The maximum Gasteiger partial charge on any atom is 0.358 e. The fourth-order valence-electron chi connectivity index (χ4n) is 3.02. The molecule has 1 aliphatic carbocycles. The van der Waals surface area contributed by atoms with Crippen LogP contribution in [-0.4, -0.2) is 38.0 Å². The highest BCUT2D eigenvalue weighted by molar-refractivity contribution is 7.13. The molecule has 4 rings (SSSR count). The van der Waals surface area contributed by atoms with Gasteiger partial charge in [0.05, 0.1) is 0 Å². The highest BCUT2D eigenvalue weighted by Gasteiger charge is 2.23. The smallest absolute Gasteiger partial charge is 0.358 e. The first-order valence-electron chi connectivity index (χ1n) is 8.30. The number of nitrogens with one attached hydrogen (secondary N) is 1. The lowest BCUT2D eigenvalue weighted by Crippen LogP contribution is -2.24. The molecule has 132 valence electrons. The van der Waals surface area contributed by atoms with Gasteiger partial charge in [0, 0.05) is 10.9 Å².